The fraction of sp³-hybridized carbons (Fsp3) is 0.400. The van der Waals surface area contributed by atoms with Crippen molar-refractivity contribution in [2.24, 2.45) is 5.92 Å². The maximum absolute atomic E-state index is 11.4. The lowest BCUT2D eigenvalue weighted by Gasteiger charge is -2.11. The first-order valence-corrected chi connectivity index (χ1v) is 4.46. The van der Waals surface area contributed by atoms with Crippen molar-refractivity contribution in [3.8, 4) is 0 Å². The van der Waals surface area contributed by atoms with Crippen LogP contribution in [-0.2, 0) is 23.8 Å². The lowest BCUT2D eigenvalue weighted by atomic mass is 9.93. The Morgan fingerprint density at radius 1 is 1.40 bits per heavy atom. The molecule has 5 nitrogen and oxygen atoms in total. The van der Waals surface area contributed by atoms with Crippen molar-refractivity contribution in [3.63, 3.8) is 0 Å². The van der Waals surface area contributed by atoms with Crippen molar-refractivity contribution in [3.05, 3.63) is 23.2 Å². The van der Waals surface area contributed by atoms with E-state index in [1.807, 2.05) is 0 Å². The molecule has 2 bridgehead atoms. The highest BCUT2D eigenvalue weighted by molar-refractivity contribution is 5.99. The Kier molecular flexibility index (Phi) is 2.22. The predicted molar refractivity (Wildman–Crippen MR) is 48.3 cm³/mol. The van der Waals surface area contributed by atoms with Crippen LogP contribution in [-0.4, -0.2) is 26.2 Å². The zero-order valence-electron chi connectivity index (χ0n) is 8.40. The van der Waals surface area contributed by atoms with Gasteiger partial charge in [0.05, 0.1) is 19.8 Å². The van der Waals surface area contributed by atoms with Gasteiger partial charge in [0.2, 0.25) is 0 Å². The molecule has 15 heavy (non-hydrogen) atoms. The van der Waals surface area contributed by atoms with Crippen molar-refractivity contribution in [1.29, 1.82) is 0 Å². The normalized spacial score (nSPS) is 22.3. The predicted octanol–water partition coefficient (Wildman–Crippen LogP) is 0.520. The molecular formula is C10H10O5. The minimum Gasteiger partial charge on any atom is -0.468 e. The fourth-order valence-corrected chi connectivity index (χ4v) is 1.76. The number of hydrogen-bond acceptors (Lipinski definition) is 5. The molecule has 5 heteroatoms. The van der Waals surface area contributed by atoms with E-state index in [2.05, 4.69) is 9.47 Å². The average molecular weight is 210 g/mol. The SMILES string of the molecule is COC(=O)C1=C2CC=C(O2)C1C(=O)OC. The van der Waals surface area contributed by atoms with Crippen molar-refractivity contribution < 1.29 is 23.8 Å². The molecule has 1 unspecified atom stereocenters. The molecule has 0 N–H and O–H groups in total. The second-order valence-electron chi connectivity index (χ2n) is 3.20. The van der Waals surface area contributed by atoms with Crippen LogP contribution >= 0.6 is 0 Å². The van der Waals surface area contributed by atoms with E-state index in [1.54, 1.807) is 6.08 Å². The number of ether oxygens (including phenoxy) is 3. The number of rotatable bonds is 2. The Labute approximate surface area is 86.3 Å². The summed E-state index contributed by atoms with van der Waals surface area (Å²) in [5.74, 6) is -0.824. The van der Waals surface area contributed by atoms with Gasteiger partial charge >= 0.3 is 11.9 Å². The zero-order valence-corrected chi connectivity index (χ0v) is 8.40. The summed E-state index contributed by atoms with van der Waals surface area (Å²) >= 11 is 0. The largest absolute Gasteiger partial charge is 0.468 e. The van der Waals surface area contributed by atoms with Gasteiger partial charge in [-0.3, -0.25) is 4.79 Å². The number of carbonyl (C=O) groups excluding carboxylic acids is 2. The first-order valence-electron chi connectivity index (χ1n) is 4.46. The maximum atomic E-state index is 11.4. The first kappa shape index (κ1) is 9.76. The second kappa shape index (κ2) is 3.42. The van der Waals surface area contributed by atoms with Gasteiger partial charge in [0.25, 0.3) is 0 Å². The van der Waals surface area contributed by atoms with Crippen molar-refractivity contribution >= 4 is 11.9 Å². The van der Waals surface area contributed by atoms with Crippen molar-refractivity contribution in [1.82, 2.24) is 0 Å². The summed E-state index contributed by atoms with van der Waals surface area (Å²) in [6.45, 7) is 0. The molecule has 0 amide bonds. The molecule has 0 radical (unpaired) electrons. The third-order valence-electron chi connectivity index (χ3n) is 2.45. The average Bonchev–Trinajstić information content (AvgIpc) is 2.86. The van der Waals surface area contributed by atoms with Gasteiger partial charge in [-0.05, 0) is 6.08 Å². The summed E-state index contributed by atoms with van der Waals surface area (Å²) in [5.41, 5.74) is 0.266. The summed E-state index contributed by atoms with van der Waals surface area (Å²) in [5, 5.41) is 0. The van der Waals surface area contributed by atoms with Gasteiger partial charge in [-0.25, -0.2) is 4.79 Å². The Morgan fingerprint density at radius 3 is 2.73 bits per heavy atom. The molecule has 2 aliphatic heterocycles. The minimum atomic E-state index is -0.744. The van der Waals surface area contributed by atoms with Gasteiger partial charge in [-0.15, -0.1) is 0 Å². The first-order chi connectivity index (χ1) is 7.19. The molecule has 0 aromatic carbocycles. The van der Waals surface area contributed by atoms with Gasteiger partial charge in [-0.1, -0.05) is 0 Å². The van der Waals surface area contributed by atoms with E-state index in [4.69, 9.17) is 4.74 Å². The molecule has 0 spiro atoms. The van der Waals surface area contributed by atoms with E-state index >= 15 is 0 Å². The lowest BCUT2D eigenvalue weighted by Crippen LogP contribution is -2.23. The van der Waals surface area contributed by atoms with E-state index in [9.17, 15) is 9.59 Å². The van der Waals surface area contributed by atoms with Crippen molar-refractivity contribution in [2.75, 3.05) is 14.2 Å². The Hall–Kier alpha value is -1.78. The summed E-state index contributed by atoms with van der Waals surface area (Å²) in [6.07, 6.45) is 2.30. The maximum Gasteiger partial charge on any atom is 0.338 e. The molecule has 0 fully saturated rings. The van der Waals surface area contributed by atoms with E-state index < -0.39 is 17.9 Å². The van der Waals surface area contributed by atoms with Crippen LogP contribution in [0.1, 0.15) is 6.42 Å². The molecular weight excluding hydrogens is 200 g/mol. The van der Waals surface area contributed by atoms with E-state index in [0.717, 1.165) is 0 Å². The summed E-state index contributed by atoms with van der Waals surface area (Å²) in [4.78, 5) is 22.9. The molecule has 1 atom stereocenters. The second-order valence-corrected chi connectivity index (χ2v) is 3.20. The van der Waals surface area contributed by atoms with E-state index in [1.165, 1.54) is 14.2 Å². The monoisotopic (exact) mass is 210 g/mol. The highest BCUT2D eigenvalue weighted by Gasteiger charge is 2.45. The number of methoxy groups -OCH3 is 2. The third kappa shape index (κ3) is 1.31. The van der Waals surface area contributed by atoms with E-state index in [-0.39, 0.29) is 5.57 Å². The van der Waals surface area contributed by atoms with Crippen molar-refractivity contribution in [2.45, 2.75) is 6.42 Å². The fourth-order valence-electron chi connectivity index (χ4n) is 1.76. The molecule has 0 saturated heterocycles. The molecule has 0 aromatic heterocycles. The number of allylic oxidation sites excluding steroid dienone is 1. The van der Waals surface area contributed by atoms with Crippen LogP contribution in [0.2, 0.25) is 0 Å². The van der Waals surface area contributed by atoms with Crippen LogP contribution in [0.3, 0.4) is 0 Å². The molecule has 2 rings (SSSR count). The van der Waals surface area contributed by atoms with Crippen LogP contribution < -0.4 is 0 Å². The zero-order chi connectivity index (χ0) is 11.0. The number of carbonyl (C=O) groups is 2. The molecule has 2 heterocycles. The summed E-state index contributed by atoms with van der Waals surface area (Å²) < 4.78 is 14.5. The van der Waals surface area contributed by atoms with E-state index in [0.29, 0.717) is 17.9 Å². The van der Waals surface area contributed by atoms with Crippen LogP contribution in [0.15, 0.2) is 23.2 Å². The third-order valence-corrected chi connectivity index (χ3v) is 2.45. The Balaban J connectivity index is 2.35. The smallest absolute Gasteiger partial charge is 0.338 e. The van der Waals surface area contributed by atoms with Crippen LogP contribution in [0, 0.1) is 5.92 Å². The van der Waals surface area contributed by atoms with Crippen LogP contribution in [0.5, 0.6) is 0 Å². The van der Waals surface area contributed by atoms with Gasteiger partial charge in [-0.2, -0.15) is 0 Å². The molecule has 80 valence electrons. The number of fused-ring (bicyclic) bond motifs is 2. The molecule has 2 aliphatic rings. The Morgan fingerprint density at radius 2 is 2.13 bits per heavy atom. The highest BCUT2D eigenvalue weighted by Crippen LogP contribution is 2.42. The summed E-state index contributed by atoms with van der Waals surface area (Å²) in [6, 6.07) is 0. The molecule has 0 saturated carbocycles. The molecule has 0 aliphatic carbocycles. The van der Waals surface area contributed by atoms with Gasteiger partial charge in [0.1, 0.15) is 17.4 Å². The van der Waals surface area contributed by atoms with Crippen LogP contribution in [0.25, 0.3) is 0 Å². The summed E-state index contributed by atoms with van der Waals surface area (Å²) in [7, 11) is 2.54. The number of esters is 2. The van der Waals surface area contributed by atoms with Gasteiger partial charge in [0, 0.05) is 6.42 Å². The topological polar surface area (TPSA) is 61.8 Å². The van der Waals surface area contributed by atoms with Gasteiger partial charge < -0.3 is 14.2 Å². The lowest BCUT2D eigenvalue weighted by molar-refractivity contribution is -0.146. The Bertz CT molecular complexity index is 391. The quantitative estimate of drug-likeness (QED) is 0.622. The standard InChI is InChI=1S/C10H10O5/c1-13-9(11)7-5-3-4-6(15-5)8(7)10(12)14-2/h3,7H,4H2,1-2H3. The number of hydrogen-bond donors (Lipinski definition) is 0. The van der Waals surface area contributed by atoms with Gasteiger partial charge in [0.15, 0.2) is 0 Å². The van der Waals surface area contributed by atoms with Crippen LogP contribution in [0.4, 0.5) is 0 Å². The minimum absolute atomic E-state index is 0.266. The highest BCUT2D eigenvalue weighted by atomic mass is 16.5. The molecule has 0 aromatic rings.